The fourth-order valence-corrected chi connectivity index (χ4v) is 2.04. The molecule has 17 heavy (non-hydrogen) atoms. The van der Waals surface area contributed by atoms with E-state index in [0.29, 0.717) is 0 Å². The van der Waals surface area contributed by atoms with E-state index < -0.39 is 12.0 Å². The van der Waals surface area contributed by atoms with E-state index in [9.17, 15) is 13.2 Å². The third-order valence-electron chi connectivity index (χ3n) is 2.10. The Balaban J connectivity index is 2.74. The summed E-state index contributed by atoms with van der Waals surface area (Å²) in [4.78, 5) is 5.49. The highest BCUT2D eigenvalue weighted by Gasteiger charge is 2.35. The summed E-state index contributed by atoms with van der Waals surface area (Å²) in [5.74, 6) is -1.03. The zero-order valence-corrected chi connectivity index (χ0v) is 9.83. The van der Waals surface area contributed by atoms with Crippen LogP contribution in [0.4, 0.5) is 13.2 Å². The average molecular weight is 285 g/mol. The van der Waals surface area contributed by atoms with Gasteiger partial charge in [-0.3, -0.25) is 0 Å². The number of rotatable bonds is 1. The van der Waals surface area contributed by atoms with Crippen molar-refractivity contribution in [3.63, 3.8) is 0 Å². The molecule has 1 heterocycles. The third kappa shape index (κ3) is 2.02. The maximum atomic E-state index is 12.4. The fraction of sp³-hybridized carbons (Fsp3) is 0.222. The highest BCUT2D eigenvalue weighted by Crippen LogP contribution is 2.39. The summed E-state index contributed by atoms with van der Waals surface area (Å²) in [6.45, 7) is 0. The van der Waals surface area contributed by atoms with E-state index in [1.807, 2.05) is 0 Å². The third-order valence-corrected chi connectivity index (χ3v) is 2.73. The van der Waals surface area contributed by atoms with Gasteiger partial charge in [-0.25, -0.2) is 4.98 Å². The van der Waals surface area contributed by atoms with Crippen LogP contribution < -0.4 is 4.74 Å². The summed E-state index contributed by atoms with van der Waals surface area (Å²) >= 11 is 11.6. The maximum absolute atomic E-state index is 12.4. The number of benzene rings is 1. The van der Waals surface area contributed by atoms with Crippen LogP contribution in [0.3, 0.4) is 0 Å². The van der Waals surface area contributed by atoms with Gasteiger partial charge >= 0.3 is 6.18 Å². The highest BCUT2D eigenvalue weighted by molar-refractivity contribution is 6.40. The molecular weight excluding hydrogens is 280 g/mol. The van der Waals surface area contributed by atoms with E-state index in [1.54, 1.807) is 0 Å². The molecule has 0 saturated heterocycles. The predicted octanol–water partition coefficient (Wildman–Crippen LogP) is 3.90. The minimum atomic E-state index is -4.57. The Kier molecular flexibility index (Phi) is 2.87. The number of H-pyrrole nitrogens is 1. The Bertz CT molecular complexity index is 580. The maximum Gasteiger partial charge on any atom is 0.449 e. The van der Waals surface area contributed by atoms with Crippen molar-refractivity contribution in [3.05, 3.63) is 21.9 Å². The largest absolute Gasteiger partial charge is 0.494 e. The van der Waals surface area contributed by atoms with Crippen LogP contribution in [-0.4, -0.2) is 17.1 Å². The van der Waals surface area contributed by atoms with Crippen molar-refractivity contribution >= 4 is 34.2 Å². The Morgan fingerprint density at radius 1 is 1.35 bits per heavy atom. The molecule has 1 aromatic heterocycles. The van der Waals surface area contributed by atoms with E-state index in [4.69, 9.17) is 27.9 Å². The number of nitrogens with zero attached hydrogens (tertiary/aromatic N) is 1. The lowest BCUT2D eigenvalue weighted by molar-refractivity contribution is -0.144. The second-order valence-electron chi connectivity index (χ2n) is 3.18. The molecule has 3 nitrogen and oxygen atoms in total. The summed E-state index contributed by atoms with van der Waals surface area (Å²) < 4.78 is 42.2. The molecule has 0 aliphatic carbocycles. The lowest BCUT2D eigenvalue weighted by Crippen LogP contribution is -2.06. The number of aromatic nitrogens is 2. The van der Waals surface area contributed by atoms with Gasteiger partial charge in [0.25, 0.3) is 0 Å². The molecule has 0 aliphatic rings. The molecule has 0 aliphatic heterocycles. The Morgan fingerprint density at radius 3 is 2.53 bits per heavy atom. The normalized spacial score (nSPS) is 12.1. The first-order valence-electron chi connectivity index (χ1n) is 4.33. The summed E-state index contributed by atoms with van der Waals surface area (Å²) in [5.41, 5.74) is 0.0772. The number of methoxy groups -OCH3 is 1. The van der Waals surface area contributed by atoms with Crippen molar-refractivity contribution in [2.75, 3.05) is 7.11 Å². The van der Waals surface area contributed by atoms with E-state index in [-0.39, 0.29) is 26.8 Å². The number of hydrogen-bond donors (Lipinski definition) is 1. The van der Waals surface area contributed by atoms with Crippen LogP contribution in [0.5, 0.6) is 5.75 Å². The van der Waals surface area contributed by atoms with Crippen molar-refractivity contribution < 1.29 is 17.9 Å². The van der Waals surface area contributed by atoms with Crippen LogP contribution in [0, 0.1) is 0 Å². The van der Waals surface area contributed by atoms with E-state index >= 15 is 0 Å². The molecule has 0 amide bonds. The molecule has 0 spiro atoms. The SMILES string of the molecule is COc1c(Cl)cc2[nH]c(C(F)(F)F)nc2c1Cl. The Morgan fingerprint density at radius 2 is 2.00 bits per heavy atom. The molecule has 1 aromatic carbocycles. The number of fused-ring (bicyclic) bond motifs is 1. The number of halogens is 5. The number of ether oxygens (including phenoxy) is 1. The van der Waals surface area contributed by atoms with Gasteiger partial charge in [-0.05, 0) is 6.07 Å². The molecule has 2 rings (SSSR count). The molecule has 0 unspecified atom stereocenters. The van der Waals surface area contributed by atoms with Gasteiger partial charge < -0.3 is 9.72 Å². The molecule has 1 N–H and O–H groups in total. The molecule has 0 bridgehead atoms. The van der Waals surface area contributed by atoms with Gasteiger partial charge in [0, 0.05) is 0 Å². The average Bonchev–Trinajstić information content (AvgIpc) is 2.61. The topological polar surface area (TPSA) is 37.9 Å². The molecule has 2 aromatic rings. The Labute approximate surface area is 103 Å². The van der Waals surface area contributed by atoms with E-state index in [2.05, 4.69) is 9.97 Å². The van der Waals surface area contributed by atoms with Crippen LogP contribution in [0.15, 0.2) is 6.07 Å². The van der Waals surface area contributed by atoms with Crippen LogP contribution >= 0.6 is 23.2 Å². The first-order valence-corrected chi connectivity index (χ1v) is 5.09. The lowest BCUT2D eigenvalue weighted by Gasteiger charge is -2.04. The number of imidazole rings is 1. The van der Waals surface area contributed by atoms with Crippen LogP contribution in [0.2, 0.25) is 10.0 Å². The van der Waals surface area contributed by atoms with Crippen molar-refractivity contribution in [2.45, 2.75) is 6.18 Å². The van der Waals surface area contributed by atoms with Gasteiger partial charge in [0.05, 0.1) is 17.6 Å². The first kappa shape index (κ1) is 12.3. The summed E-state index contributed by atoms with van der Waals surface area (Å²) in [5, 5.41) is 0.0594. The summed E-state index contributed by atoms with van der Waals surface area (Å²) in [7, 11) is 1.32. The molecule has 92 valence electrons. The van der Waals surface area contributed by atoms with Gasteiger partial charge in [-0.15, -0.1) is 0 Å². The summed E-state index contributed by atoms with van der Waals surface area (Å²) in [6.07, 6.45) is -4.57. The standard InChI is InChI=1S/C9H5Cl2F3N2O/c1-17-7-3(10)2-4-6(5(7)11)16-8(15-4)9(12,13)14/h2H,1H3,(H,15,16). The number of aromatic amines is 1. The number of nitrogens with one attached hydrogen (secondary N) is 1. The molecule has 8 heteroatoms. The second kappa shape index (κ2) is 3.96. The zero-order chi connectivity index (χ0) is 12.8. The molecule has 0 fully saturated rings. The fourth-order valence-electron chi connectivity index (χ4n) is 1.38. The van der Waals surface area contributed by atoms with E-state index in [0.717, 1.165) is 0 Å². The minimum Gasteiger partial charge on any atom is -0.494 e. The van der Waals surface area contributed by atoms with Crippen LogP contribution in [0.1, 0.15) is 5.82 Å². The highest BCUT2D eigenvalue weighted by atomic mass is 35.5. The molecule has 0 saturated carbocycles. The first-order chi connectivity index (χ1) is 7.84. The molecular formula is C9H5Cl2F3N2O. The van der Waals surface area contributed by atoms with Gasteiger partial charge in [0.2, 0.25) is 5.82 Å². The van der Waals surface area contributed by atoms with Gasteiger partial charge in [-0.1, -0.05) is 23.2 Å². The van der Waals surface area contributed by atoms with E-state index in [1.165, 1.54) is 13.2 Å². The van der Waals surface area contributed by atoms with Gasteiger partial charge in [0.1, 0.15) is 10.5 Å². The summed E-state index contributed by atoms with van der Waals surface area (Å²) in [6, 6.07) is 1.28. The zero-order valence-electron chi connectivity index (χ0n) is 8.32. The van der Waals surface area contributed by atoms with Crippen molar-refractivity contribution in [2.24, 2.45) is 0 Å². The molecule has 0 atom stereocenters. The quantitative estimate of drug-likeness (QED) is 0.863. The van der Waals surface area contributed by atoms with Crippen LogP contribution in [-0.2, 0) is 6.18 Å². The lowest BCUT2D eigenvalue weighted by atomic mass is 10.3. The monoisotopic (exact) mass is 284 g/mol. The van der Waals surface area contributed by atoms with Crippen molar-refractivity contribution in [3.8, 4) is 5.75 Å². The minimum absolute atomic E-state index is 0.0276. The Hall–Kier alpha value is -1.14. The van der Waals surface area contributed by atoms with Crippen molar-refractivity contribution in [1.82, 2.24) is 9.97 Å². The van der Waals surface area contributed by atoms with Gasteiger partial charge in [0.15, 0.2) is 5.75 Å². The smallest absolute Gasteiger partial charge is 0.449 e. The van der Waals surface area contributed by atoms with Crippen LogP contribution in [0.25, 0.3) is 11.0 Å². The predicted molar refractivity (Wildman–Crippen MR) is 57.7 cm³/mol. The van der Waals surface area contributed by atoms with Crippen molar-refractivity contribution in [1.29, 1.82) is 0 Å². The van der Waals surface area contributed by atoms with Gasteiger partial charge in [-0.2, -0.15) is 13.2 Å². The molecule has 0 radical (unpaired) electrons. The number of alkyl halides is 3. The number of hydrogen-bond acceptors (Lipinski definition) is 2. The second-order valence-corrected chi connectivity index (χ2v) is 3.97.